The summed E-state index contributed by atoms with van der Waals surface area (Å²) in [5.74, 6) is -2.62. The Morgan fingerprint density at radius 3 is 2.59 bits per heavy atom. The third kappa shape index (κ3) is 5.98. The van der Waals surface area contributed by atoms with E-state index in [4.69, 9.17) is 21.1 Å². The molecule has 0 radical (unpaired) electrons. The molecule has 168 valence electrons. The van der Waals surface area contributed by atoms with Gasteiger partial charge in [-0.3, -0.25) is 29.6 Å². The number of methoxy groups -OCH3 is 1. The van der Waals surface area contributed by atoms with E-state index in [-0.39, 0.29) is 13.0 Å². The number of hydrazine groups is 1. The van der Waals surface area contributed by atoms with E-state index in [9.17, 15) is 19.2 Å². The monoisotopic (exact) mass is 523 g/mol. The lowest BCUT2D eigenvalue weighted by Gasteiger charge is -2.17. The number of benzene rings is 2. The smallest absolute Gasteiger partial charge is 0.311 e. The standard InChI is InChI=1S/C21H19BrClN3O6/c1-31-17-7-6-15(23)9-16(17)24-18(27)11-32-21(30)13-8-19(28)26(10-13)25-20(29)12-2-4-14(22)5-3-12/h2-7,9,13H,8,10-11H2,1H3,(H,24,27)(H,25,29)/t13-/m0/s1. The van der Waals surface area contributed by atoms with Gasteiger partial charge in [-0.15, -0.1) is 0 Å². The van der Waals surface area contributed by atoms with Crippen LogP contribution < -0.4 is 15.5 Å². The van der Waals surface area contributed by atoms with Crippen LogP contribution in [-0.2, 0) is 19.1 Å². The van der Waals surface area contributed by atoms with Gasteiger partial charge in [-0.25, -0.2) is 0 Å². The first-order chi connectivity index (χ1) is 15.3. The van der Waals surface area contributed by atoms with Gasteiger partial charge in [0.1, 0.15) is 5.75 Å². The van der Waals surface area contributed by atoms with Crippen molar-refractivity contribution in [2.45, 2.75) is 6.42 Å². The van der Waals surface area contributed by atoms with Gasteiger partial charge < -0.3 is 14.8 Å². The molecule has 1 saturated heterocycles. The van der Waals surface area contributed by atoms with Crippen molar-refractivity contribution in [2.75, 3.05) is 25.6 Å². The zero-order valence-corrected chi connectivity index (χ0v) is 19.2. The highest BCUT2D eigenvalue weighted by atomic mass is 79.9. The highest BCUT2D eigenvalue weighted by Crippen LogP contribution is 2.27. The van der Waals surface area contributed by atoms with Crippen LogP contribution in [0.25, 0.3) is 0 Å². The van der Waals surface area contributed by atoms with Gasteiger partial charge in [0.05, 0.1) is 25.3 Å². The van der Waals surface area contributed by atoms with Gasteiger partial charge in [0, 0.05) is 21.5 Å². The van der Waals surface area contributed by atoms with E-state index in [0.717, 1.165) is 9.48 Å². The fourth-order valence-corrected chi connectivity index (χ4v) is 3.42. The van der Waals surface area contributed by atoms with Crippen LogP contribution >= 0.6 is 27.5 Å². The molecule has 1 heterocycles. The maximum Gasteiger partial charge on any atom is 0.311 e. The number of carbonyl (C=O) groups is 4. The first-order valence-corrected chi connectivity index (χ1v) is 10.6. The molecule has 0 aliphatic carbocycles. The Hall–Kier alpha value is -3.11. The van der Waals surface area contributed by atoms with E-state index in [2.05, 4.69) is 26.7 Å². The van der Waals surface area contributed by atoms with E-state index < -0.39 is 36.2 Å². The highest BCUT2D eigenvalue weighted by molar-refractivity contribution is 9.10. The molecule has 9 nitrogen and oxygen atoms in total. The largest absolute Gasteiger partial charge is 0.495 e. The topological polar surface area (TPSA) is 114 Å². The number of anilines is 1. The second kappa shape index (κ2) is 10.5. The molecule has 2 N–H and O–H groups in total. The number of nitrogens with zero attached hydrogens (tertiary/aromatic N) is 1. The molecule has 0 unspecified atom stereocenters. The molecule has 0 saturated carbocycles. The first kappa shape index (κ1) is 23.6. The lowest BCUT2D eigenvalue weighted by molar-refractivity contribution is -0.151. The second-order valence-corrected chi connectivity index (χ2v) is 8.21. The van der Waals surface area contributed by atoms with Gasteiger partial charge in [0.2, 0.25) is 5.91 Å². The number of nitrogens with one attached hydrogen (secondary N) is 2. The number of hydrogen-bond acceptors (Lipinski definition) is 6. The Bertz CT molecular complexity index is 1050. The van der Waals surface area contributed by atoms with E-state index >= 15 is 0 Å². The van der Waals surface area contributed by atoms with Crippen molar-refractivity contribution in [3.63, 3.8) is 0 Å². The van der Waals surface area contributed by atoms with Crippen molar-refractivity contribution in [3.05, 3.63) is 57.5 Å². The summed E-state index contributed by atoms with van der Waals surface area (Å²) in [5.41, 5.74) is 3.17. The van der Waals surface area contributed by atoms with Gasteiger partial charge in [-0.1, -0.05) is 27.5 Å². The van der Waals surface area contributed by atoms with Crippen molar-refractivity contribution in [2.24, 2.45) is 5.92 Å². The lowest BCUT2D eigenvalue weighted by Crippen LogP contribution is -2.43. The maximum absolute atomic E-state index is 12.3. The van der Waals surface area contributed by atoms with Gasteiger partial charge in [-0.05, 0) is 42.5 Å². The molecule has 11 heteroatoms. The van der Waals surface area contributed by atoms with Crippen molar-refractivity contribution >= 4 is 56.9 Å². The third-order valence-corrected chi connectivity index (χ3v) is 5.35. The lowest BCUT2D eigenvalue weighted by atomic mass is 10.1. The van der Waals surface area contributed by atoms with E-state index in [1.54, 1.807) is 36.4 Å². The van der Waals surface area contributed by atoms with Gasteiger partial charge >= 0.3 is 5.97 Å². The average molecular weight is 525 g/mol. The minimum atomic E-state index is -0.804. The molecule has 2 aromatic rings. The molecule has 0 aromatic heterocycles. The van der Waals surface area contributed by atoms with Crippen LogP contribution in [0.1, 0.15) is 16.8 Å². The number of rotatable bonds is 7. The summed E-state index contributed by atoms with van der Waals surface area (Å²) in [7, 11) is 1.44. The molecular weight excluding hydrogens is 506 g/mol. The molecule has 0 spiro atoms. The molecule has 3 amide bonds. The van der Waals surface area contributed by atoms with E-state index in [1.807, 2.05) is 0 Å². The van der Waals surface area contributed by atoms with Crippen LogP contribution in [0.3, 0.4) is 0 Å². The van der Waals surface area contributed by atoms with Crippen molar-refractivity contribution < 1.29 is 28.7 Å². The fourth-order valence-electron chi connectivity index (χ4n) is 2.98. The number of amides is 3. The van der Waals surface area contributed by atoms with Crippen LogP contribution in [0.15, 0.2) is 46.9 Å². The van der Waals surface area contributed by atoms with Crippen LogP contribution in [0.5, 0.6) is 5.75 Å². The first-order valence-electron chi connectivity index (χ1n) is 9.43. The van der Waals surface area contributed by atoms with Crippen molar-refractivity contribution in [1.82, 2.24) is 10.4 Å². The Morgan fingerprint density at radius 1 is 1.19 bits per heavy atom. The molecule has 1 aliphatic heterocycles. The zero-order valence-electron chi connectivity index (χ0n) is 16.9. The molecule has 2 aromatic carbocycles. The van der Waals surface area contributed by atoms with Crippen LogP contribution in [0.2, 0.25) is 5.02 Å². The Kier molecular flexibility index (Phi) is 7.70. The predicted octanol–water partition coefficient (Wildman–Crippen LogP) is 2.79. The number of esters is 1. The summed E-state index contributed by atoms with van der Waals surface area (Å²) >= 11 is 9.20. The minimum Gasteiger partial charge on any atom is -0.495 e. The average Bonchev–Trinajstić information content (AvgIpc) is 3.13. The fraction of sp³-hybridized carbons (Fsp3) is 0.238. The maximum atomic E-state index is 12.3. The normalized spacial score (nSPS) is 15.3. The molecule has 3 rings (SSSR count). The van der Waals surface area contributed by atoms with Crippen LogP contribution in [0, 0.1) is 5.92 Å². The highest BCUT2D eigenvalue weighted by Gasteiger charge is 2.36. The molecule has 1 fully saturated rings. The van der Waals surface area contributed by atoms with Crippen LogP contribution in [0.4, 0.5) is 5.69 Å². The van der Waals surface area contributed by atoms with E-state index in [0.29, 0.717) is 22.0 Å². The second-order valence-electron chi connectivity index (χ2n) is 6.85. The van der Waals surface area contributed by atoms with Gasteiger partial charge in [-0.2, -0.15) is 0 Å². The Morgan fingerprint density at radius 2 is 1.91 bits per heavy atom. The van der Waals surface area contributed by atoms with Crippen molar-refractivity contribution in [3.8, 4) is 5.75 Å². The molecule has 1 aliphatic rings. The van der Waals surface area contributed by atoms with E-state index in [1.165, 1.54) is 13.2 Å². The summed E-state index contributed by atoms with van der Waals surface area (Å²) in [4.78, 5) is 48.9. The third-order valence-electron chi connectivity index (χ3n) is 4.58. The Labute approximate surface area is 197 Å². The summed E-state index contributed by atoms with van der Waals surface area (Å²) in [6, 6.07) is 11.3. The summed E-state index contributed by atoms with van der Waals surface area (Å²) < 4.78 is 11.0. The molecule has 32 heavy (non-hydrogen) atoms. The summed E-state index contributed by atoms with van der Waals surface area (Å²) in [5, 5.41) is 4.02. The van der Waals surface area contributed by atoms with Gasteiger partial charge in [0.25, 0.3) is 11.8 Å². The summed E-state index contributed by atoms with van der Waals surface area (Å²) in [6.45, 7) is -0.603. The minimum absolute atomic E-state index is 0.0519. The number of ether oxygens (including phenoxy) is 2. The molecule has 1 atom stereocenters. The van der Waals surface area contributed by atoms with Crippen molar-refractivity contribution in [1.29, 1.82) is 0 Å². The summed E-state index contributed by atoms with van der Waals surface area (Å²) in [6.07, 6.45) is -0.136. The van der Waals surface area contributed by atoms with Gasteiger partial charge in [0.15, 0.2) is 6.61 Å². The number of halogens is 2. The molecule has 0 bridgehead atoms. The number of hydrogen-bond donors (Lipinski definition) is 2. The zero-order chi connectivity index (χ0) is 23.3. The van der Waals surface area contributed by atoms with Crippen LogP contribution in [-0.4, -0.2) is 49.0 Å². The quantitative estimate of drug-likeness (QED) is 0.539. The Balaban J connectivity index is 1.50. The molecular formula is C21H19BrClN3O6. The predicted molar refractivity (Wildman–Crippen MR) is 119 cm³/mol. The SMILES string of the molecule is COc1ccc(Cl)cc1NC(=O)COC(=O)[C@H]1CC(=O)N(NC(=O)c2ccc(Br)cc2)C1. The number of carbonyl (C=O) groups excluding carboxylic acids is 4.